The van der Waals surface area contributed by atoms with Crippen molar-refractivity contribution < 1.29 is 14.1 Å². The second-order valence-electron chi connectivity index (χ2n) is 12.4. The van der Waals surface area contributed by atoms with Crippen LogP contribution in [0.5, 0.6) is 0 Å². The van der Waals surface area contributed by atoms with Gasteiger partial charge in [-0.05, 0) is 37.8 Å². The van der Waals surface area contributed by atoms with Crippen molar-refractivity contribution in [2.24, 2.45) is 0 Å². The average molecular weight is 601 g/mol. The predicted octanol–water partition coefficient (Wildman–Crippen LogP) is 6.29. The lowest BCUT2D eigenvalue weighted by molar-refractivity contribution is 0.00712. The molecule has 2 N–H and O–H groups in total. The molecule has 0 unspecified atom stereocenters. The number of urea groups is 1. The number of aromatic nitrogens is 5. The maximum atomic E-state index is 12.5. The van der Waals surface area contributed by atoms with E-state index in [2.05, 4.69) is 25.1 Å². The van der Waals surface area contributed by atoms with Crippen molar-refractivity contribution >= 4 is 44.2 Å². The first-order valence-electron chi connectivity index (χ1n) is 14.9. The van der Waals surface area contributed by atoms with Crippen LogP contribution in [-0.2, 0) is 10.2 Å². The molecule has 4 aromatic heterocycles. The number of hydrogen-bond donors (Lipinski definition) is 2. The number of benzene rings is 1. The monoisotopic (exact) mass is 600 g/mol. The normalized spacial score (nSPS) is 20.1. The minimum Gasteiger partial charge on any atom is -0.379 e. The number of morpholine rings is 1. The van der Waals surface area contributed by atoms with Crippen molar-refractivity contribution in [1.29, 1.82) is 0 Å². The van der Waals surface area contributed by atoms with Crippen LogP contribution in [0, 0.1) is 0 Å². The van der Waals surface area contributed by atoms with Crippen LogP contribution in [0.4, 0.5) is 16.3 Å². The first-order valence-corrected chi connectivity index (χ1v) is 15.7. The summed E-state index contributed by atoms with van der Waals surface area (Å²) in [6, 6.07) is 9.61. The lowest BCUT2D eigenvalue weighted by atomic mass is 9.84. The van der Waals surface area contributed by atoms with Gasteiger partial charge in [0.25, 0.3) is 0 Å². The Kier molecular flexibility index (Phi) is 7.36. The van der Waals surface area contributed by atoms with Gasteiger partial charge in [0, 0.05) is 54.0 Å². The molecule has 0 atom stereocenters. The van der Waals surface area contributed by atoms with Crippen molar-refractivity contribution in [2.45, 2.75) is 63.8 Å². The number of rotatable bonds is 5. The van der Waals surface area contributed by atoms with E-state index in [-0.39, 0.29) is 11.4 Å². The maximum absolute atomic E-state index is 12.5. The number of nitrogens with zero attached hydrogens (tertiary/aromatic N) is 6. The van der Waals surface area contributed by atoms with Crippen LogP contribution < -0.4 is 10.6 Å². The Morgan fingerprint density at radius 1 is 1.02 bits per heavy atom. The van der Waals surface area contributed by atoms with Crippen LogP contribution >= 0.6 is 11.3 Å². The molecule has 1 aliphatic heterocycles. The molecule has 0 spiro atoms. The van der Waals surface area contributed by atoms with Gasteiger partial charge in [-0.2, -0.15) is 0 Å². The van der Waals surface area contributed by atoms with Gasteiger partial charge in [-0.15, -0.1) is 0 Å². The van der Waals surface area contributed by atoms with Crippen LogP contribution in [0.1, 0.15) is 64.0 Å². The van der Waals surface area contributed by atoms with E-state index in [1.54, 1.807) is 17.4 Å². The molecule has 11 nitrogen and oxygen atoms in total. The van der Waals surface area contributed by atoms with E-state index in [9.17, 15) is 4.79 Å². The van der Waals surface area contributed by atoms with Gasteiger partial charge in [0.05, 0.1) is 25.1 Å². The Labute approximate surface area is 253 Å². The zero-order valence-electron chi connectivity index (χ0n) is 24.7. The molecular weight excluding hydrogens is 564 g/mol. The lowest BCUT2D eigenvalue weighted by Gasteiger charge is -2.38. The molecule has 2 fully saturated rings. The molecule has 1 saturated carbocycles. The number of ether oxygens (including phenoxy) is 1. The summed E-state index contributed by atoms with van der Waals surface area (Å²) in [4.78, 5) is 31.6. The highest BCUT2D eigenvalue weighted by molar-refractivity contribution is 7.23. The van der Waals surface area contributed by atoms with Crippen LogP contribution in [-0.4, -0.2) is 67.8 Å². The number of nitrogens with one attached hydrogen (secondary N) is 2. The van der Waals surface area contributed by atoms with Gasteiger partial charge >= 0.3 is 6.03 Å². The summed E-state index contributed by atoms with van der Waals surface area (Å²) in [6.07, 6.45) is 8.63. The smallest absolute Gasteiger partial charge is 0.324 e. The van der Waals surface area contributed by atoms with Crippen LogP contribution in [0.15, 0.2) is 47.2 Å². The maximum Gasteiger partial charge on any atom is 0.324 e. The topological polar surface area (TPSA) is 123 Å². The largest absolute Gasteiger partial charge is 0.379 e. The summed E-state index contributed by atoms with van der Waals surface area (Å²) in [6.45, 7) is 9.88. The van der Waals surface area contributed by atoms with E-state index in [4.69, 9.17) is 24.2 Å². The molecular formula is C31H36N8O3S. The third-order valence-corrected chi connectivity index (χ3v) is 9.39. The first kappa shape index (κ1) is 27.9. The first-order chi connectivity index (χ1) is 20.8. The number of carbonyl (C=O) groups excluding carboxylic acids is 1. The summed E-state index contributed by atoms with van der Waals surface area (Å²) in [5, 5.41) is 9.48. The number of imidazole rings is 1. The van der Waals surface area contributed by atoms with Crippen molar-refractivity contribution in [3.63, 3.8) is 0 Å². The molecule has 2 aliphatic rings. The number of carbonyl (C=O) groups is 1. The molecule has 12 heteroatoms. The second-order valence-corrected chi connectivity index (χ2v) is 13.4. The van der Waals surface area contributed by atoms with E-state index in [0.717, 1.165) is 71.5 Å². The number of thiazole rings is 1. The van der Waals surface area contributed by atoms with Gasteiger partial charge in [-0.1, -0.05) is 49.4 Å². The van der Waals surface area contributed by atoms with Gasteiger partial charge in [-0.25, -0.2) is 19.7 Å². The van der Waals surface area contributed by atoms with Crippen molar-refractivity contribution in [3.8, 4) is 11.3 Å². The Morgan fingerprint density at radius 2 is 1.79 bits per heavy atom. The van der Waals surface area contributed by atoms with Crippen LogP contribution in [0.25, 0.3) is 26.6 Å². The average Bonchev–Trinajstić information content (AvgIpc) is 3.73. The Bertz CT molecular complexity index is 1740. The SMILES string of the molecule is CC(C)(C)c1cc(NC(=O)Nc2ccc(-c3cn4c(n3)sc3nc([C@H]5CC[C@@H](N6CCOCC6)CC5)ncc34)cc2)no1. The Balaban J connectivity index is 0.994. The summed E-state index contributed by atoms with van der Waals surface area (Å²) < 4.78 is 12.9. The number of anilines is 2. The molecule has 1 aromatic carbocycles. The standard InChI is InChI=1S/C31H36N8O3S/c1-31(2,3)25-16-26(37-42-25)35-29(40)33-21-8-4-19(5-9-21)23-18-39-24-17-32-27(36-28(24)43-30(39)34-23)20-6-10-22(11-7-20)38-12-14-41-15-13-38/h4-5,8-9,16-18,20,22H,6-7,10-15H2,1-3H3,(H2,33,35,37,40)/t20-,22+. The predicted molar refractivity (Wildman–Crippen MR) is 167 cm³/mol. The highest BCUT2D eigenvalue weighted by Gasteiger charge is 2.29. The van der Waals surface area contributed by atoms with E-state index in [1.807, 2.05) is 57.4 Å². The van der Waals surface area contributed by atoms with Gasteiger partial charge in [0.15, 0.2) is 10.8 Å². The second kappa shape index (κ2) is 11.3. The van der Waals surface area contributed by atoms with Crippen LogP contribution in [0.3, 0.4) is 0 Å². The van der Waals surface area contributed by atoms with Gasteiger partial charge in [0.2, 0.25) is 0 Å². The molecule has 224 valence electrons. The Hall–Kier alpha value is -3.87. The minimum atomic E-state index is -0.389. The molecule has 5 heterocycles. The number of fused-ring (bicyclic) bond motifs is 3. The van der Waals surface area contributed by atoms with Gasteiger partial charge in [0.1, 0.15) is 21.9 Å². The lowest BCUT2D eigenvalue weighted by Crippen LogP contribution is -2.44. The third kappa shape index (κ3) is 5.86. The molecule has 1 aliphatic carbocycles. The molecule has 2 amide bonds. The summed E-state index contributed by atoms with van der Waals surface area (Å²) in [7, 11) is 0. The Morgan fingerprint density at radius 3 is 2.51 bits per heavy atom. The van der Waals surface area contributed by atoms with Crippen molar-refractivity contribution in [3.05, 3.63) is 54.3 Å². The summed E-state index contributed by atoms with van der Waals surface area (Å²) in [5.74, 6) is 2.45. The third-order valence-electron chi connectivity index (χ3n) is 8.43. The fraction of sp³-hybridized carbons (Fsp3) is 0.452. The molecule has 0 radical (unpaired) electrons. The highest BCUT2D eigenvalue weighted by atomic mass is 32.1. The zero-order valence-corrected chi connectivity index (χ0v) is 25.5. The summed E-state index contributed by atoms with van der Waals surface area (Å²) >= 11 is 1.59. The minimum absolute atomic E-state index is 0.189. The van der Waals surface area contributed by atoms with E-state index in [1.165, 1.54) is 12.8 Å². The zero-order chi connectivity index (χ0) is 29.6. The molecule has 0 bridgehead atoms. The molecule has 7 rings (SSSR count). The van der Waals surface area contributed by atoms with E-state index in [0.29, 0.717) is 29.2 Å². The van der Waals surface area contributed by atoms with Crippen molar-refractivity contribution in [2.75, 3.05) is 36.9 Å². The van der Waals surface area contributed by atoms with Gasteiger partial charge in [-0.3, -0.25) is 14.6 Å². The summed E-state index contributed by atoms with van der Waals surface area (Å²) in [5.41, 5.74) is 3.25. The molecule has 5 aromatic rings. The molecule has 1 saturated heterocycles. The number of amides is 2. The van der Waals surface area contributed by atoms with Crippen molar-refractivity contribution in [1.82, 2.24) is 29.4 Å². The quantitative estimate of drug-likeness (QED) is 0.241. The van der Waals surface area contributed by atoms with Crippen LogP contribution in [0.2, 0.25) is 0 Å². The molecule has 43 heavy (non-hydrogen) atoms. The van der Waals surface area contributed by atoms with E-state index >= 15 is 0 Å². The fourth-order valence-corrected chi connectivity index (χ4v) is 6.94. The van der Waals surface area contributed by atoms with E-state index < -0.39 is 0 Å². The fourth-order valence-electron chi connectivity index (χ4n) is 5.98. The number of hydrogen-bond acceptors (Lipinski definition) is 9. The highest BCUT2D eigenvalue weighted by Crippen LogP contribution is 2.35. The van der Waals surface area contributed by atoms with Gasteiger partial charge < -0.3 is 14.6 Å².